The van der Waals surface area contributed by atoms with Crippen molar-refractivity contribution in [3.8, 4) is 0 Å². The van der Waals surface area contributed by atoms with E-state index >= 15 is 0 Å². The number of rotatable bonds is 6. The van der Waals surface area contributed by atoms with Crippen LogP contribution in [-0.2, 0) is 16.0 Å². The Hall–Kier alpha value is -3.37. The number of carbonyl (C=O) groups is 2. The van der Waals surface area contributed by atoms with E-state index in [1.54, 1.807) is 12.4 Å². The van der Waals surface area contributed by atoms with Gasteiger partial charge >= 0.3 is 6.09 Å². The van der Waals surface area contributed by atoms with E-state index in [0.717, 1.165) is 35.1 Å². The summed E-state index contributed by atoms with van der Waals surface area (Å²) in [5, 5.41) is 16.3. The number of thiazole rings is 1. The van der Waals surface area contributed by atoms with Crippen molar-refractivity contribution in [1.82, 2.24) is 9.88 Å². The number of nitrogens with one attached hydrogen (secondary N) is 1. The minimum atomic E-state index is -0.806. The normalized spacial score (nSPS) is 20.5. The topological polar surface area (TPSA) is 118 Å². The van der Waals surface area contributed by atoms with Gasteiger partial charge < -0.3 is 25.8 Å². The number of aromatic nitrogens is 1. The van der Waals surface area contributed by atoms with E-state index in [0.29, 0.717) is 17.2 Å². The molecule has 1 saturated heterocycles. The quantitative estimate of drug-likeness (QED) is 0.418. The highest BCUT2D eigenvalue weighted by atomic mass is 32.1. The Morgan fingerprint density at radius 2 is 2.03 bits per heavy atom. The lowest BCUT2D eigenvalue weighted by molar-refractivity contribution is -0.115. The molecule has 38 heavy (non-hydrogen) atoms. The number of hydrogen-bond donors (Lipinski definition) is 3. The SMILES string of the molecule is Bc1cc(C2CCC[C@H]([C@H](O)c3ccccc3)N(C)C(=O)OC2(C)C)ccc1NC(=O)Cc1csc(N)n1. The number of amides is 2. The van der Waals surface area contributed by atoms with Gasteiger partial charge in [0.25, 0.3) is 0 Å². The molecule has 1 aliphatic heterocycles. The van der Waals surface area contributed by atoms with Gasteiger partial charge in [0.05, 0.1) is 24.3 Å². The van der Waals surface area contributed by atoms with E-state index in [1.807, 2.05) is 64.2 Å². The molecule has 10 heteroatoms. The third-order valence-electron chi connectivity index (χ3n) is 7.31. The average Bonchev–Trinajstić information content (AvgIpc) is 3.29. The van der Waals surface area contributed by atoms with Gasteiger partial charge in [0.1, 0.15) is 13.4 Å². The highest BCUT2D eigenvalue weighted by molar-refractivity contribution is 7.13. The fraction of sp³-hybridized carbons (Fsp3) is 0.393. The molecule has 2 heterocycles. The molecule has 4 rings (SSSR count). The third-order valence-corrected chi connectivity index (χ3v) is 8.03. The first-order valence-corrected chi connectivity index (χ1v) is 13.7. The minimum Gasteiger partial charge on any atom is -0.443 e. The molecule has 0 spiro atoms. The van der Waals surface area contributed by atoms with Crippen LogP contribution < -0.4 is 16.5 Å². The van der Waals surface area contributed by atoms with Gasteiger partial charge in [-0.2, -0.15) is 0 Å². The number of anilines is 2. The van der Waals surface area contributed by atoms with Crippen LogP contribution in [0.25, 0.3) is 0 Å². The number of aliphatic hydroxyl groups excluding tert-OH is 1. The van der Waals surface area contributed by atoms with Gasteiger partial charge in [0.15, 0.2) is 5.13 Å². The first-order valence-electron chi connectivity index (χ1n) is 12.8. The molecule has 3 aromatic rings. The van der Waals surface area contributed by atoms with E-state index < -0.39 is 23.8 Å². The molecule has 0 saturated carbocycles. The summed E-state index contributed by atoms with van der Waals surface area (Å²) in [6, 6.07) is 15.0. The number of nitrogens with two attached hydrogens (primary N) is 1. The van der Waals surface area contributed by atoms with Gasteiger partial charge in [0.2, 0.25) is 5.91 Å². The van der Waals surface area contributed by atoms with Crippen LogP contribution >= 0.6 is 11.3 Å². The van der Waals surface area contributed by atoms with Crippen molar-refractivity contribution in [2.24, 2.45) is 0 Å². The predicted molar refractivity (Wildman–Crippen MR) is 154 cm³/mol. The van der Waals surface area contributed by atoms with Crippen LogP contribution in [0.4, 0.5) is 15.6 Å². The van der Waals surface area contributed by atoms with Crippen LogP contribution in [0.5, 0.6) is 0 Å². The molecule has 2 aromatic carbocycles. The fourth-order valence-electron chi connectivity index (χ4n) is 5.19. The molecule has 8 nitrogen and oxygen atoms in total. The van der Waals surface area contributed by atoms with Gasteiger partial charge in [-0.05, 0) is 43.9 Å². The molecule has 0 bridgehead atoms. The number of benzene rings is 2. The van der Waals surface area contributed by atoms with Crippen molar-refractivity contribution in [2.45, 2.75) is 63.2 Å². The van der Waals surface area contributed by atoms with Gasteiger partial charge in [-0.3, -0.25) is 4.79 Å². The molecular formula is C28H35BN4O4S. The zero-order chi connectivity index (χ0) is 27.4. The van der Waals surface area contributed by atoms with Crippen LogP contribution in [0.1, 0.15) is 62.0 Å². The van der Waals surface area contributed by atoms with Crippen molar-refractivity contribution < 1.29 is 19.4 Å². The first-order chi connectivity index (χ1) is 18.0. The number of carbonyl (C=O) groups excluding carboxylic acids is 2. The van der Waals surface area contributed by atoms with E-state index in [2.05, 4.69) is 16.4 Å². The fourth-order valence-corrected chi connectivity index (χ4v) is 5.76. The first kappa shape index (κ1) is 27.7. The van der Waals surface area contributed by atoms with Crippen molar-refractivity contribution in [3.05, 3.63) is 70.7 Å². The van der Waals surface area contributed by atoms with E-state index in [1.165, 1.54) is 16.2 Å². The summed E-state index contributed by atoms with van der Waals surface area (Å²) in [4.78, 5) is 31.4. The van der Waals surface area contributed by atoms with Crippen LogP contribution in [0.15, 0.2) is 53.9 Å². The molecule has 0 radical (unpaired) electrons. The summed E-state index contributed by atoms with van der Waals surface area (Å²) >= 11 is 1.31. The number of nitrogens with zero attached hydrogens (tertiary/aromatic N) is 2. The molecule has 0 aliphatic carbocycles. The summed E-state index contributed by atoms with van der Waals surface area (Å²) in [6.45, 7) is 3.86. The third kappa shape index (κ3) is 6.36. The molecule has 4 N–H and O–H groups in total. The average molecular weight is 534 g/mol. The maximum Gasteiger partial charge on any atom is 0.410 e. The number of ether oxygens (including phenoxy) is 1. The highest BCUT2D eigenvalue weighted by Crippen LogP contribution is 2.39. The Balaban J connectivity index is 1.50. The molecule has 2 amide bonds. The second-order valence-electron chi connectivity index (χ2n) is 10.5. The Bertz CT molecular complexity index is 1280. The maximum atomic E-state index is 13.2. The van der Waals surface area contributed by atoms with Gasteiger partial charge in [-0.15, -0.1) is 11.3 Å². The number of hydrogen-bond acceptors (Lipinski definition) is 7. The molecule has 200 valence electrons. The van der Waals surface area contributed by atoms with E-state index in [-0.39, 0.29) is 18.2 Å². The van der Waals surface area contributed by atoms with Gasteiger partial charge in [0, 0.05) is 24.0 Å². The van der Waals surface area contributed by atoms with E-state index in [9.17, 15) is 14.7 Å². The second-order valence-corrected chi connectivity index (χ2v) is 11.4. The largest absolute Gasteiger partial charge is 0.443 e. The van der Waals surface area contributed by atoms with Crippen LogP contribution in [0, 0.1) is 0 Å². The van der Waals surface area contributed by atoms with Crippen LogP contribution in [-0.4, -0.2) is 53.5 Å². The lowest BCUT2D eigenvalue weighted by atomic mass is 9.78. The standard InChI is InChI=1S/C28H35BN4O4S/c1-28(2)20(10-7-11-23(33(3)27(36)37-28)25(35)17-8-5-4-6-9-17)18-12-13-22(21(29)14-18)32-24(34)15-19-16-38-26(30)31-19/h4-6,8-9,12-14,16,20,23,25,35H,7,10-11,15,29H2,1-3H3,(H2,30,31)(H,32,34)/t20?,23-,25-/m1/s1. The smallest absolute Gasteiger partial charge is 0.410 e. The van der Waals surface area contributed by atoms with E-state index in [4.69, 9.17) is 10.5 Å². The molecular weight excluding hydrogens is 499 g/mol. The molecule has 1 aliphatic rings. The number of cyclic esters (lactones) is 1. The molecule has 1 fully saturated rings. The summed E-state index contributed by atoms with van der Waals surface area (Å²) in [5.74, 6) is -0.220. The Morgan fingerprint density at radius 3 is 2.68 bits per heavy atom. The Labute approximate surface area is 228 Å². The van der Waals surface area contributed by atoms with Gasteiger partial charge in [-0.25, -0.2) is 9.78 Å². The predicted octanol–water partition coefficient (Wildman–Crippen LogP) is 3.38. The van der Waals surface area contributed by atoms with Crippen LogP contribution in [0.3, 0.4) is 0 Å². The number of nitrogen functional groups attached to an aromatic ring is 1. The lowest BCUT2D eigenvalue weighted by Gasteiger charge is -2.36. The summed E-state index contributed by atoms with van der Waals surface area (Å²) < 4.78 is 6.05. The maximum absolute atomic E-state index is 13.2. The minimum absolute atomic E-state index is 0.0612. The lowest BCUT2D eigenvalue weighted by Crippen LogP contribution is -2.44. The Kier molecular flexibility index (Phi) is 8.43. The summed E-state index contributed by atoms with van der Waals surface area (Å²) in [5.41, 5.74) is 9.00. The highest BCUT2D eigenvalue weighted by Gasteiger charge is 2.39. The Morgan fingerprint density at radius 1 is 1.29 bits per heavy atom. The van der Waals surface area contributed by atoms with Crippen molar-refractivity contribution in [1.29, 1.82) is 0 Å². The molecule has 1 unspecified atom stereocenters. The zero-order valence-corrected chi connectivity index (χ0v) is 23.1. The molecule has 3 atom stereocenters. The number of likely N-dealkylation sites (N-methyl/N-ethyl adjacent to an activating group) is 1. The monoisotopic (exact) mass is 534 g/mol. The summed E-state index contributed by atoms with van der Waals surface area (Å²) in [7, 11) is 3.64. The van der Waals surface area contributed by atoms with Crippen molar-refractivity contribution >= 4 is 47.5 Å². The van der Waals surface area contributed by atoms with Crippen molar-refractivity contribution in [2.75, 3.05) is 18.1 Å². The zero-order valence-electron chi connectivity index (χ0n) is 22.3. The van der Waals surface area contributed by atoms with Crippen LogP contribution in [0.2, 0.25) is 0 Å². The van der Waals surface area contributed by atoms with Gasteiger partial charge in [-0.1, -0.05) is 54.3 Å². The molecule has 1 aromatic heterocycles. The summed E-state index contributed by atoms with van der Waals surface area (Å²) in [6.07, 6.45) is 1.12. The van der Waals surface area contributed by atoms with Crippen molar-refractivity contribution in [3.63, 3.8) is 0 Å². The second kappa shape index (κ2) is 11.6. The number of aliphatic hydroxyl groups is 1.